The van der Waals surface area contributed by atoms with Crippen molar-refractivity contribution in [1.82, 2.24) is 0 Å². The molecular weight excluding hydrogens is 376 g/mol. The molecule has 0 aromatic heterocycles. The zero-order chi connectivity index (χ0) is 15.9. The van der Waals surface area contributed by atoms with Gasteiger partial charge in [0.2, 0.25) is 0 Å². The quantitative estimate of drug-likeness (QED) is 0.724. The Kier molecular flexibility index (Phi) is 6.21. The molecule has 0 atom stereocenters. The number of amides is 1. The molecule has 2 aromatic carbocycles. The van der Waals surface area contributed by atoms with E-state index in [9.17, 15) is 13.6 Å². The van der Waals surface area contributed by atoms with Gasteiger partial charge in [-0.3, -0.25) is 4.79 Å². The number of carbonyl (C=O) groups excluding carboxylic acids is 1. The van der Waals surface area contributed by atoms with Crippen molar-refractivity contribution < 1.29 is 18.3 Å². The van der Waals surface area contributed by atoms with Gasteiger partial charge in [-0.05, 0) is 52.3 Å². The van der Waals surface area contributed by atoms with E-state index in [4.69, 9.17) is 4.74 Å². The maximum absolute atomic E-state index is 12.2. The summed E-state index contributed by atoms with van der Waals surface area (Å²) in [6, 6.07) is 13.4. The summed E-state index contributed by atoms with van der Waals surface area (Å²) in [5.41, 5.74) is 0.527. The van der Waals surface area contributed by atoms with E-state index in [1.54, 1.807) is 24.3 Å². The van der Waals surface area contributed by atoms with Gasteiger partial charge in [0.25, 0.3) is 11.7 Å². The van der Waals surface area contributed by atoms with Crippen molar-refractivity contribution >= 4 is 39.3 Å². The molecule has 1 N–H and O–H groups in total. The summed E-state index contributed by atoms with van der Waals surface area (Å²) >= 11 is 3.78. The van der Waals surface area contributed by atoms with Gasteiger partial charge in [0.1, 0.15) is 5.75 Å². The average molecular weight is 388 g/mol. The van der Waals surface area contributed by atoms with E-state index in [-0.39, 0.29) is 12.5 Å². The minimum Gasteiger partial charge on any atom is -0.483 e. The molecule has 0 saturated heterocycles. The van der Waals surface area contributed by atoms with Crippen LogP contribution in [0.15, 0.2) is 57.9 Å². The molecule has 2 rings (SSSR count). The van der Waals surface area contributed by atoms with Gasteiger partial charge in [0, 0.05) is 10.6 Å². The molecule has 0 saturated carbocycles. The summed E-state index contributed by atoms with van der Waals surface area (Å²) in [5, 5.41) is 2.64. The van der Waals surface area contributed by atoms with Gasteiger partial charge in [0.15, 0.2) is 6.61 Å². The summed E-state index contributed by atoms with van der Waals surface area (Å²) in [5.74, 6) is -2.22. The Bertz CT molecular complexity index is 638. The Morgan fingerprint density at radius 1 is 1.18 bits per heavy atom. The fourth-order valence-corrected chi connectivity index (χ4v) is 2.52. The zero-order valence-corrected chi connectivity index (χ0v) is 13.7. The molecule has 7 heteroatoms. The second kappa shape index (κ2) is 8.14. The average Bonchev–Trinajstić information content (AvgIpc) is 2.48. The normalized spacial score (nSPS) is 10.5. The first kappa shape index (κ1) is 16.8. The summed E-state index contributed by atoms with van der Waals surface area (Å²) in [4.78, 5) is 12.2. The first-order chi connectivity index (χ1) is 10.5. The van der Waals surface area contributed by atoms with Crippen LogP contribution < -0.4 is 10.1 Å². The van der Waals surface area contributed by atoms with Gasteiger partial charge in [-0.2, -0.15) is 8.78 Å². The third-order valence-electron chi connectivity index (χ3n) is 2.56. The van der Waals surface area contributed by atoms with Crippen LogP contribution in [-0.2, 0) is 4.79 Å². The Hall–Kier alpha value is -1.60. The lowest BCUT2D eigenvalue weighted by Crippen LogP contribution is -2.20. The monoisotopic (exact) mass is 387 g/mol. The fraction of sp³-hybridized carbons (Fsp3) is 0.133. The van der Waals surface area contributed by atoms with Crippen LogP contribution in [-0.4, -0.2) is 18.3 Å². The number of carbonyl (C=O) groups is 1. The van der Waals surface area contributed by atoms with Gasteiger partial charge < -0.3 is 10.1 Å². The lowest BCUT2D eigenvalue weighted by atomic mass is 10.3. The Balaban J connectivity index is 1.85. The molecule has 0 radical (unpaired) electrons. The molecule has 0 bridgehead atoms. The molecule has 3 nitrogen and oxygen atoms in total. The Morgan fingerprint density at radius 2 is 1.86 bits per heavy atom. The number of benzene rings is 2. The number of halogens is 3. The third-order valence-corrected chi connectivity index (χ3v) is 3.94. The van der Waals surface area contributed by atoms with E-state index in [2.05, 4.69) is 21.2 Å². The Labute approximate surface area is 139 Å². The molecule has 116 valence electrons. The molecule has 1 amide bonds. The molecular formula is C15H12BrF2NO2S. The largest absolute Gasteiger partial charge is 0.483 e. The molecule has 0 unspecified atom stereocenters. The van der Waals surface area contributed by atoms with Crippen LogP contribution in [0.4, 0.5) is 14.5 Å². The molecule has 0 aliphatic heterocycles. The highest BCUT2D eigenvalue weighted by Gasteiger charge is 2.07. The third kappa shape index (κ3) is 5.31. The van der Waals surface area contributed by atoms with Crippen LogP contribution in [0.2, 0.25) is 0 Å². The van der Waals surface area contributed by atoms with Crippen LogP contribution in [0, 0.1) is 0 Å². The Morgan fingerprint density at radius 3 is 2.50 bits per heavy atom. The van der Waals surface area contributed by atoms with Gasteiger partial charge in [0.05, 0.1) is 4.47 Å². The number of thioether (sulfide) groups is 1. The summed E-state index contributed by atoms with van der Waals surface area (Å²) in [6.45, 7) is -0.143. The van der Waals surface area contributed by atoms with E-state index in [1.807, 2.05) is 12.1 Å². The topological polar surface area (TPSA) is 38.3 Å². The van der Waals surface area contributed by atoms with Crippen molar-refractivity contribution in [3.05, 3.63) is 53.0 Å². The number of ether oxygens (including phenoxy) is 1. The van der Waals surface area contributed by atoms with E-state index < -0.39 is 5.76 Å². The van der Waals surface area contributed by atoms with Crippen LogP contribution >= 0.6 is 27.7 Å². The van der Waals surface area contributed by atoms with Crippen molar-refractivity contribution in [1.29, 1.82) is 0 Å². The number of hydrogen-bond acceptors (Lipinski definition) is 3. The predicted molar refractivity (Wildman–Crippen MR) is 86.6 cm³/mol. The summed E-state index contributed by atoms with van der Waals surface area (Å²) in [7, 11) is 0. The molecule has 22 heavy (non-hydrogen) atoms. The van der Waals surface area contributed by atoms with Crippen molar-refractivity contribution in [3.63, 3.8) is 0 Å². The highest BCUT2D eigenvalue weighted by molar-refractivity contribution is 9.10. The lowest BCUT2D eigenvalue weighted by molar-refractivity contribution is -0.118. The second-order valence-electron chi connectivity index (χ2n) is 4.17. The van der Waals surface area contributed by atoms with Crippen molar-refractivity contribution in [3.8, 4) is 5.75 Å². The molecule has 0 aliphatic rings. The van der Waals surface area contributed by atoms with Crippen molar-refractivity contribution in [2.75, 3.05) is 11.9 Å². The van der Waals surface area contributed by atoms with E-state index in [0.717, 1.165) is 4.47 Å². The first-order valence-corrected chi connectivity index (χ1v) is 7.94. The number of anilines is 1. The number of rotatable bonds is 6. The minimum absolute atomic E-state index is 0.143. The van der Waals surface area contributed by atoms with E-state index in [1.165, 1.54) is 12.1 Å². The summed E-state index contributed by atoms with van der Waals surface area (Å²) < 4.78 is 30.5. The van der Waals surface area contributed by atoms with E-state index in [0.29, 0.717) is 28.1 Å². The number of hydrogen-bond donors (Lipinski definition) is 1. The maximum atomic E-state index is 12.2. The maximum Gasteiger partial charge on any atom is 0.288 e. The van der Waals surface area contributed by atoms with E-state index >= 15 is 0 Å². The van der Waals surface area contributed by atoms with Crippen molar-refractivity contribution in [2.24, 2.45) is 0 Å². The van der Waals surface area contributed by atoms with Gasteiger partial charge >= 0.3 is 0 Å². The lowest BCUT2D eigenvalue weighted by Gasteiger charge is -2.09. The summed E-state index contributed by atoms with van der Waals surface area (Å²) in [6.07, 6.45) is 0. The molecule has 0 aliphatic carbocycles. The smallest absolute Gasteiger partial charge is 0.288 e. The number of para-hydroxylation sites is 1. The minimum atomic E-state index is -2.46. The standard InChI is InChI=1S/C15H12BrF2NO2S/c16-12-3-1-2-4-13(12)21-9-14(20)19-10-5-7-11(8-6-10)22-15(17)18/h1-8,15H,9H2,(H,19,20). The number of alkyl halides is 2. The number of nitrogens with one attached hydrogen (secondary N) is 1. The predicted octanol–water partition coefficient (Wildman–Crippen LogP) is 4.78. The zero-order valence-electron chi connectivity index (χ0n) is 11.3. The van der Waals surface area contributed by atoms with Crippen LogP contribution in [0.3, 0.4) is 0 Å². The van der Waals surface area contributed by atoms with Crippen LogP contribution in [0.25, 0.3) is 0 Å². The fourth-order valence-electron chi connectivity index (χ4n) is 1.62. The van der Waals surface area contributed by atoms with Crippen LogP contribution in [0.5, 0.6) is 5.75 Å². The molecule has 0 spiro atoms. The van der Waals surface area contributed by atoms with Crippen LogP contribution in [0.1, 0.15) is 0 Å². The molecule has 2 aromatic rings. The first-order valence-electron chi connectivity index (χ1n) is 6.26. The highest BCUT2D eigenvalue weighted by Crippen LogP contribution is 2.26. The highest BCUT2D eigenvalue weighted by atomic mass is 79.9. The van der Waals surface area contributed by atoms with Gasteiger partial charge in [-0.25, -0.2) is 0 Å². The molecule has 0 fully saturated rings. The van der Waals surface area contributed by atoms with Gasteiger partial charge in [-0.1, -0.05) is 23.9 Å². The second-order valence-corrected chi connectivity index (χ2v) is 6.09. The molecule has 0 heterocycles. The SMILES string of the molecule is O=C(COc1ccccc1Br)Nc1ccc(SC(F)F)cc1. The van der Waals surface area contributed by atoms with Crippen molar-refractivity contribution in [2.45, 2.75) is 10.7 Å². The van der Waals surface area contributed by atoms with Gasteiger partial charge in [-0.15, -0.1) is 0 Å².